The molecule has 1 heterocycles. The van der Waals surface area contributed by atoms with Crippen LogP contribution in [0.25, 0.3) is 10.9 Å². The van der Waals surface area contributed by atoms with Crippen molar-refractivity contribution in [3.63, 3.8) is 0 Å². The fourth-order valence-electron chi connectivity index (χ4n) is 3.85. The molecule has 1 aliphatic carbocycles. The third-order valence-corrected chi connectivity index (χ3v) is 6.20. The van der Waals surface area contributed by atoms with Gasteiger partial charge in [-0.05, 0) is 61.4 Å². The van der Waals surface area contributed by atoms with Crippen molar-refractivity contribution >= 4 is 61.8 Å². The van der Waals surface area contributed by atoms with E-state index >= 15 is 0 Å². The summed E-state index contributed by atoms with van der Waals surface area (Å²) in [5.41, 5.74) is 3.92. The van der Waals surface area contributed by atoms with Gasteiger partial charge in [-0.25, -0.2) is 4.68 Å². The van der Waals surface area contributed by atoms with Gasteiger partial charge in [-0.3, -0.25) is 19.8 Å². The molecule has 1 aliphatic rings. The molecule has 3 aromatic rings. The molecule has 3 amide bonds. The lowest BCUT2D eigenvalue weighted by Gasteiger charge is -2.22. The van der Waals surface area contributed by atoms with Gasteiger partial charge < -0.3 is 10.6 Å². The summed E-state index contributed by atoms with van der Waals surface area (Å²) >= 11 is 9.33. The minimum Gasteiger partial charge on any atom is -0.345 e. The number of amides is 3. The number of anilines is 1. The van der Waals surface area contributed by atoms with E-state index in [-0.39, 0.29) is 11.7 Å². The fourth-order valence-corrected chi connectivity index (χ4v) is 4.36. The lowest BCUT2D eigenvalue weighted by atomic mass is 9.95. The Kier molecular flexibility index (Phi) is 6.81. The summed E-state index contributed by atoms with van der Waals surface area (Å²) in [7, 11) is 0. The van der Waals surface area contributed by atoms with Crippen LogP contribution in [0.3, 0.4) is 0 Å². The summed E-state index contributed by atoms with van der Waals surface area (Å²) in [6.45, 7) is 0. The van der Waals surface area contributed by atoms with E-state index < -0.39 is 17.7 Å². The molecule has 1 fully saturated rings. The quantitative estimate of drug-likeness (QED) is 0.433. The molecular weight excluding hydrogens is 496 g/mol. The van der Waals surface area contributed by atoms with Gasteiger partial charge >= 0.3 is 11.8 Å². The van der Waals surface area contributed by atoms with Crippen LogP contribution in [-0.4, -0.2) is 28.4 Å². The smallest absolute Gasteiger partial charge is 0.328 e. The fraction of sp³-hybridized carbons (Fsp3) is 0.261. The Bertz CT molecular complexity index is 1170. The first-order chi connectivity index (χ1) is 15.4. The molecule has 3 N–H and O–H groups in total. The Morgan fingerprint density at radius 1 is 0.938 bits per heavy atom. The number of aromatic nitrogens is 1. The van der Waals surface area contributed by atoms with E-state index in [1.165, 1.54) is 4.68 Å². The molecule has 32 heavy (non-hydrogen) atoms. The topological polar surface area (TPSA) is 92.2 Å². The van der Waals surface area contributed by atoms with E-state index in [2.05, 4.69) is 32.0 Å². The van der Waals surface area contributed by atoms with Crippen LogP contribution >= 0.6 is 27.5 Å². The maximum Gasteiger partial charge on any atom is 0.328 e. The second-order valence-corrected chi connectivity index (χ2v) is 9.13. The zero-order valence-electron chi connectivity index (χ0n) is 17.2. The number of nitrogens with one attached hydrogen (secondary N) is 3. The zero-order valence-corrected chi connectivity index (χ0v) is 19.5. The molecule has 0 saturated heterocycles. The predicted molar refractivity (Wildman–Crippen MR) is 128 cm³/mol. The lowest BCUT2D eigenvalue weighted by molar-refractivity contribution is -0.137. The summed E-state index contributed by atoms with van der Waals surface area (Å²) in [5.74, 6) is -1.97. The summed E-state index contributed by atoms with van der Waals surface area (Å²) in [4.78, 5) is 38.2. The van der Waals surface area contributed by atoms with Crippen molar-refractivity contribution in [1.82, 2.24) is 9.99 Å². The average Bonchev–Trinajstić information content (AvgIpc) is 3.13. The molecule has 0 radical (unpaired) electrons. The summed E-state index contributed by atoms with van der Waals surface area (Å²) in [6.07, 6.45) is 4.97. The highest BCUT2D eigenvalue weighted by molar-refractivity contribution is 9.10. The minimum absolute atomic E-state index is 0.00651. The third-order valence-electron chi connectivity index (χ3n) is 5.46. The van der Waals surface area contributed by atoms with Crippen molar-refractivity contribution in [2.75, 3.05) is 10.7 Å². The molecule has 9 heteroatoms. The van der Waals surface area contributed by atoms with Crippen molar-refractivity contribution < 1.29 is 14.4 Å². The van der Waals surface area contributed by atoms with Crippen LogP contribution in [0.2, 0.25) is 5.02 Å². The molecule has 7 nitrogen and oxygen atoms in total. The maximum absolute atomic E-state index is 13.0. The monoisotopic (exact) mass is 516 g/mol. The SMILES string of the molecule is O=C(NC1CCCCC1)C(=O)Nn1c(C(=O)Nc2ccc(Cl)cc2)cc2cc(Br)ccc21. The van der Waals surface area contributed by atoms with E-state index in [1.807, 2.05) is 6.07 Å². The first kappa shape index (κ1) is 22.4. The summed E-state index contributed by atoms with van der Waals surface area (Å²) in [5, 5.41) is 6.87. The zero-order chi connectivity index (χ0) is 22.7. The Morgan fingerprint density at radius 2 is 1.66 bits per heavy atom. The molecule has 166 valence electrons. The Hall–Kier alpha value is -2.84. The lowest BCUT2D eigenvalue weighted by Crippen LogP contribution is -2.44. The molecule has 0 bridgehead atoms. The molecule has 1 aromatic heterocycles. The number of fused-ring (bicyclic) bond motifs is 1. The van der Waals surface area contributed by atoms with E-state index in [1.54, 1.807) is 42.5 Å². The van der Waals surface area contributed by atoms with Crippen LogP contribution in [0.5, 0.6) is 0 Å². The molecule has 4 rings (SSSR count). The Morgan fingerprint density at radius 3 is 2.38 bits per heavy atom. The number of hydrogen-bond donors (Lipinski definition) is 3. The average molecular weight is 518 g/mol. The molecule has 2 aromatic carbocycles. The largest absolute Gasteiger partial charge is 0.345 e. The van der Waals surface area contributed by atoms with Crippen LogP contribution in [0, 0.1) is 0 Å². The highest BCUT2D eigenvalue weighted by Crippen LogP contribution is 2.24. The number of halogens is 2. The van der Waals surface area contributed by atoms with E-state index in [0.29, 0.717) is 16.2 Å². The van der Waals surface area contributed by atoms with Gasteiger partial charge in [-0.2, -0.15) is 0 Å². The summed E-state index contributed by atoms with van der Waals surface area (Å²) < 4.78 is 2.17. The number of nitrogens with zero attached hydrogens (tertiary/aromatic N) is 1. The third kappa shape index (κ3) is 5.14. The molecule has 0 spiro atoms. The van der Waals surface area contributed by atoms with Crippen molar-refractivity contribution in [2.45, 2.75) is 38.1 Å². The van der Waals surface area contributed by atoms with Crippen LogP contribution in [0.15, 0.2) is 53.0 Å². The number of benzene rings is 2. The molecule has 1 saturated carbocycles. The minimum atomic E-state index is -0.823. The van der Waals surface area contributed by atoms with Crippen molar-refractivity contribution in [2.24, 2.45) is 0 Å². The molecule has 0 atom stereocenters. The number of carbonyl (C=O) groups excluding carboxylic acids is 3. The second-order valence-electron chi connectivity index (χ2n) is 7.78. The second kappa shape index (κ2) is 9.75. The van der Waals surface area contributed by atoms with Gasteiger partial charge in [-0.1, -0.05) is 46.8 Å². The first-order valence-electron chi connectivity index (χ1n) is 10.4. The highest BCUT2D eigenvalue weighted by Gasteiger charge is 2.23. The predicted octanol–water partition coefficient (Wildman–Crippen LogP) is 4.83. The standard InChI is InChI=1S/C23H22BrClN4O3/c24-15-6-11-19-14(12-15)13-20(21(30)26-18-9-7-16(25)8-10-18)29(19)28-23(32)22(31)27-17-4-2-1-3-5-17/h6-13,17H,1-5H2,(H,26,30)(H,27,31)(H,28,32). The van der Waals surface area contributed by atoms with Gasteiger partial charge in [0.1, 0.15) is 5.69 Å². The van der Waals surface area contributed by atoms with Gasteiger partial charge in [0.15, 0.2) is 0 Å². The van der Waals surface area contributed by atoms with E-state index in [9.17, 15) is 14.4 Å². The van der Waals surface area contributed by atoms with Crippen molar-refractivity contribution in [3.8, 4) is 0 Å². The Labute approximate surface area is 198 Å². The normalized spacial score (nSPS) is 14.2. The van der Waals surface area contributed by atoms with Gasteiger partial charge in [0.25, 0.3) is 5.91 Å². The van der Waals surface area contributed by atoms with Crippen molar-refractivity contribution in [3.05, 3.63) is 63.7 Å². The van der Waals surface area contributed by atoms with Gasteiger partial charge in [0.05, 0.1) is 5.52 Å². The highest BCUT2D eigenvalue weighted by atomic mass is 79.9. The van der Waals surface area contributed by atoms with Gasteiger partial charge in [0.2, 0.25) is 0 Å². The summed E-state index contributed by atoms with van der Waals surface area (Å²) in [6, 6.07) is 13.8. The van der Waals surface area contributed by atoms with Crippen LogP contribution in [-0.2, 0) is 9.59 Å². The van der Waals surface area contributed by atoms with Crippen LogP contribution in [0.4, 0.5) is 5.69 Å². The molecule has 0 aliphatic heterocycles. The number of rotatable bonds is 4. The van der Waals surface area contributed by atoms with E-state index in [4.69, 9.17) is 11.6 Å². The van der Waals surface area contributed by atoms with Crippen LogP contribution in [0.1, 0.15) is 42.6 Å². The maximum atomic E-state index is 13.0. The molecular formula is C23H22BrClN4O3. The van der Waals surface area contributed by atoms with Gasteiger partial charge in [-0.15, -0.1) is 0 Å². The Balaban J connectivity index is 1.58. The van der Waals surface area contributed by atoms with Crippen molar-refractivity contribution in [1.29, 1.82) is 0 Å². The number of hydrogen-bond acceptors (Lipinski definition) is 3. The molecule has 0 unspecified atom stereocenters. The number of carbonyl (C=O) groups is 3. The first-order valence-corrected chi connectivity index (χ1v) is 11.6. The van der Waals surface area contributed by atoms with Gasteiger partial charge in [0, 0.05) is 26.6 Å². The van der Waals surface area contributed by atoms with Crippen LogP contribution < -0.4 is 16.1 Å². The van der Waals surface area contributed by atoms with E-state index in [0.717, 1.165) is 42.0 Å².